The van der Waals surface area contributed by atoms with E-state index in [1.165, 1.54) is 0 Å². The first-order valence-corrected chi connectivity index (χ1v) is 15.5. The van der Waals surface area contributed by atoms with Gasteiger partial charge in [-0.05, 0) is 61.3 Å². The van der Waals surface area contributed by atoms with Crippen molar-refractivity contribution in [3.63, 3.8) is 0 Å². The number of likely N-dealkylation sites (tertiary alicyclic amines) is 1. The number of hydrogen-bond donors (Lipinski definition) is 3. The third kappa shape index (κ3) is 11.0. The standard InChI is InChI=1S/C34H50N4O4/c1-24(2)21-30(37-34(41)38-19-11-6-7-12-20-38)33(40)36-31(32(39)35-26(5)25(3)4)22-27-15-17-29(18-16-27)42-23-28-13-9-8-10-14-28/h8-10,13-18,24-26,30-31H,6-7,11-12,19-23H2,1-5H3,(H,35,39)(H,36,40)(H,37,41). The molecular formula is C34H50N4O4. The van der Waals surface area contributed by atoms with Crippen molar-refractivity contribution in [1.82, 2.24) is 20.9 Å². The Bertz CT molecular complexity index is 1110. The number of benzene rings is 2. The number of ether oxygens (including phenoxy) is 1. The molecule has 0 aromatic heterocycles. The van der Waals surface area contributed by atoms with Crippen LogP contribution in [0.25, 0.3) is 0 Å². The van der Waals surface area contributed by atoms with Crippen molar-refractivity contribution in [1.29, 1.82) is 0 Å². The van der Waals surface area contributed by atoms with Crippen molar-refractivity contribution in [2.45, 2.75) is 97.9 Å². The third-order valence-electron chi connectivity index (χ3n) is 7.83. The van der Waals surface area contributed by atoms with Crippen molar-refractivity contribution in [3.05, 3.63) is 65.7 Å². The van der Waals surface area contributed by atoms with Crippen molar-refractivity contribution in [2.24, 2.45) is 11.8 Å². The van der Waals surface area contributed by atoms with Gasteiger partial charge in [0.1, 0.15) is 24.4 Å². The van der Waals surface area contributed by atoms with Gasteiger partial charge >= 0.3 is 6.03 Å². The van der Waals surface area contributed by atoms with Gasteiger partial charge < -0.3 is 25.6 Å². The molecule has 1 saturated heterocycles. The minimum atomic E-state index is -0.792. The topological polar surface area (TPSA) is 99.8 Å². The van der Waals surface area contributed by atoms with Crippen LogP contribution < -0.4 is 20.7 Å². The van der Waals surface area contributed by atoms with Crippen LogP contribution in [0.4, 0.5) is 4.79 Å². The summed E-state index contributed by atoms with van der Waals surface area (Å²) in [6.07, 6.45) is 4.98. The zero-order valence-electron chi connectivity index (χ0n) is 26.0. The summed E-state index contributed by atoms with van der Waals surface area (Å²) in [5.74, 6) is 0.576. The molecule has 8 nitrogen and oxygen atoms in total. The molecule has 4 amide bonds. The molecule has 0 bridgehead atoms. The van der Waals surface area contributed by atoms with E-state index in [4.69, 9.17) is 4.74 Å². The van der Waals surface area contributed by atoms with Crippen LogP contribution in [0.3, 0.4) is 0 Å². The monoisotopic (exact) mass is 578 g/mol. The Kier molecular flexibility index (Phi) is 13.2. The van der Waals surface area contributed by atoms with Gasteiger partial charge in [-0.1, -0.05) is 83.0 Å². The summed E-state index contributed by atoms with van der Waals surface area (Å²) in [5, 5.41) is 9.02. The Morgan fingerprint density at radius 2 is 1.36 bits per heavy atom. The summed E-state index contributed by atoms with van der Waals surface area (Å²) in [6.45, 7) is 12.0. The molecule has 0 radical (unpaired) electrons. The summed E-state index contributed by atoms with van der Waals surface area (Å²) < 4.78 is 5.91. The summed E-state index contributed by atoms with van der Waals surface area (Å²) in [6, 6.07) is 15.8. The van der Waals surface area contributed by atoms with Crippen molar-refractivity contribution >= 4 is 17.8 Å². The van der Waals surface area contributed by atoms with E-state index in [2.05, 4.69) is 16.0 Å². The Balaban J connectivity index is 1.71. The smallest absolute Gasteiger partial charge is 0.318 e. The van der Waals surface area contributed by atoms with Gasteiger partial charge in [0.2, 0.25) is 11.8 Å². The lowest BCUT2D eigenvalue weighted by Gasteiger charge is -2.28. The lowest BCUT2D eigenvalue weighted by molar-refractivity contribution is -0.130. The van der Waals surface area contributed by atoms with Crippen LogP contribution in [0.5, 0.6) is 5.75 Å². The van der Waals surface area contributed by atoms with Crippen LogP contribution in [-0.4, -0.2) is 54.0 Å². The maximum Gasteiger partial charge on any atom is 0.318 e. The van der Waals surface area contributed by atoms with Crippen molar-refractivity contribution in [3.8, 4) is 5.75 Å². The summed E-state index contributed by atoms with van der Waals surface area (Å²) in [4.78, 5) is 42.0. The van der Waals surface area contributed by atoms with E-state index in [-0.39, 0.29) is 35.7 Å². The Hall–Kier alpha value is -3.55. The Morgan fingerprint density at radius 3 is 1.95 bits per heavy atom. The van der Waals surface area contributed by atoms with Gasteiger partial charge in [0.15, 0.2) is 0 Å². The number of nitrogens with one attached hydrogen (secondary N) is 3. The van der Waals surface area contributed by atoms with E-state index in [0.29, 0.717) is 32.5 Å². The fourth-order valence-corrected chi connectivity index (χ4v) is 4.89. The highest BCUT2D eigenvalue weighted by molar-refractivity contribution is 5.92. The van der Waals surface area contributed by atoms with Crippen molar-refractivity contribution < 1.29 is 19.1 Å². The van der Waals surface area contributed by atoms with Gasteiger partial charge in [0.25, 0.3) is 0 Å². The third-order valence-corrected chi connectivity index (χ3v) is 7.83. The highest BCUT2D eigenvalue weighted by Crippen LogP contribution is 2.17. The molecular weight excluding hydrogens is 528 g/mol. The predicted molar refractivity (Wildman–Crippen MR) is 167 cm³/mol. The summed E-state index contributed by atoms with van der Waals surface area (Å²) in [5.41, 5.74) is 1.98. The molecule has 2 aromatic carbocycles. The van der Waals surface area contributed by atoms with E-state index in [1.54, 1.807) is 0 Å². The minimum absolute atomic E-state index is 0.0557. The van der Waals surface area contributed by atoms with E-state index in [0.717, 1.165) is 42.6 Å². The molecule has 1 aliphatic rings. The highest BCUT2D eigenvalue weighted by atomic mass is 16.5. The summed E-state index contributed by atoms with van der Waals surface area (Å²) in [7, 11) is 0. The molecule has 3 rings (SSSR count). The molecule has 0 aliphatic carbocycles. The molecule has 1 aliphatic heterocycles. The van der Waals surface area contributed by atoms with E-state index < -0.39 is 12.1 Å². The molecule has 0 saturated carbocycles. The zero-order chi connectivity index (χ0) is 30.5. The highest BCUT2D eigenvalue weighted by Gasteiger charge is 2.30. The number of nitrogens with zero attached hydrogens (tertiary/aromatic N) is 1. The quantitative estimate of drug-likeness (QED) is 0.294. The van der Waals surface area contributed by atoms with E-state index in [9.17, 15) is 14.4 Å². The zero-order valence-corrected chi connectivity index (χ0v) is 26.0. The van der Waals surface area contributed by atoms with Gasteiger partial charge in [-0.3, -0.25) is 9.59 Å². The molecule has 1 heterocycles. The molecule has 3 unspecified atom stereocenters. The molecule has 230 valence electrons. The molecule has 42 heavy (non-hydrogen) atoms. The second-order valence-corrected chi connectivity index (χ2v) is 12.3. The lowest BCUT2D eigenvalue weighted by atomic mass is 10.00. The molecule has 1 fully saturated rings. The van der Waals surface area contributed by atoms with Gasteiger partial charge in [-0.2, -0.15) is 0 Å². The van der Waals surface area contributed by atoms with Gasteiger partial charge in [-0.15, -0.1) is 0 Å². The normalized spacial score (nSPS) is 15.8. The predicted octanol–water partition coefficient (Wildman–Crippen LogP) is 5.45. The van der Waals surface area contributed by atoms with Crippen molar-refractivity contribution in [2.75, 3.05) is 13.1 Å². The second-order valence-electron chi connectivity index (χ2n) is 12.3. The van der Waals surface area contributed by atoms with Crippen LogP contribution >= 0.6 is 0 Å². The fourth-order valence-electron chi connectivity index (χ4n) is 4.89. The number of amides is 4. The first-order chi connectivity index (χ1) is 20.1. The van der Waals surface area contributed by atoms with Crippen LogP contribution in [0, 0.1) is 11.8 Å². The van der Waals surface area contributed by atoms with Crippen LogP contribution in [0.2, 0.25) is 0 Å². The SMILES string of the molecule is CC(C)CC(NC(=O)N1CCCCCC1)C(=O)NC(Cc1ccc(OCc2ccccc2)cc1)C(=O)NC(C)C(C)C. The molecule has 3 N–H and O–H groups in total. The number of rotatable bonds is 13. The van der Waals surface area contributed by atoms with E-state index in [1.807, 2.05) is 94.1 Å². The average molecular weight is 579 g/mol. The Morgan fingerprint density at radius 1 is 0.738 bits per heavy atom. The maximum absolute atomic E-state index is 13.6. The largest absolute Gasteiger partial charge is 0.489 e. The molecule has 8 heteroatoms. The van der Waals surface area contributed by atoms with Crippen LogP contribution in [0.1, 0.15) is 77.8 Å². The first-order valence-electron chi connectivity index (χ1n) is 15.5. The lowest BCUT2D eigenvalue weighted by Crippen LogP contribution is -2.57. The van der Waals surface area contributed by atoms with Gasteiger partial charge in [0, 0.05) is 25.6 Å². The fraction of sp³-hybridized carbons (Fsp3) is 0.559. The summed E-state index contributed by atoms with van der Waals surface area (Å²) >= 11 is 0. The maximum atomic E-state index is 13.6. The molecule has 3 atom stereocenters. The van der Waals surface area contributed by atoms with Gasteiger partial charge in [0.05, 0.1) is 0 Å². The molecule has 0 spiro atoms. The van der Waals surface area contributed by atoms with Crippen LogP contribution in [-0.2, 0) is 22.6 Å². The number of carbonyl (C=O) groups is 3. The number of carbonyl (C=O) groups excluding carboxylic acids is 3. The first kappa shape index (κ1) is 33.0. The average Bonchev–Trinajstić information content (AvgIpc) is 3.26. The minimum Gasteiger partial charge on any atom is -0.489 e. The number of hydrogen-bond acceptors (Lipinski definition) is 4. The molecule has 2 aromatic rings. The second kappa shape index (κ2) is 16.8. The van der Waals surface area contributed by atoms with Crippen LogP contribution in [0.15, 0.2) is 54.6 Å². The van der Waals surface area contributed by atoms with E-state index >= 15 is 0 Å². The number of urea groups is 1. The Labute approximate surface area is 252 Å². The van der Waals surface area contributed by atoms with Gasteiger partial charge in [-0.25, -0.2) is 4.79 Å².